The molecule has 0 radical (unpaired) electrons. The minimum atomic E-state index is -1.13. The van der Waals surface area contributed by atoms with E-state index in [1.54, 1.807) is 48.8 Å². The maximum Gasteiger partial charge on any atom is 0.289 e. The Hall–Kier alpha value is -5.51. The van der Waals surface area contributed by atoms with Crippen molar-refractivity contribution in [1.82, 2.24) is 30.4 Å². The van der Waals surface area contributed by atoms with Crippen molar-refractivity contribution in [2.45, 2.75) is 18.9 Å². The number of ketones is 1. The van der Waals surface area contributed by atoms with Crippen molar-refractivity contribution in [2.75, 3.05) is 6.54 Å². The molecule has 2 amide bonds. The number of hydrogen-bond donors (Lipinski definition) is 2. The number of halogens is 1. The number of aromatic nitrogens is 4. The van der Waals surface area contributed by atoms with Crippen LogP contribution in [0.2, 0.25) is 0 Å². The van der Waals surface area contributed by atoms with E-state index in [0.717, 1.165) is 11.3 Å². The number of pyridine rings is 2. The molecule has 1 unspecified atom stereocenters. The van der Waals surface area contributed by atoms with Gasteiger partial charge in [0.15, 0.2) is 5.82 Å². The summed E-state index contributed by atoms with van der Waals surface area (Å²) in [4.78, 5) is 48.3. The smallest absolute Gasteiger partial charge is 0.289 e. The molecule has 3 aromatic heterocycles. The Morgan fingerprint density at radius 3 is 2.36 bits per heavy atom. The Balaban J connectivity index is 1.34. The van der Waals surface area contributed by atoms with Crippen molar-refractivity contribution in [3.05, 3.63) is 132 Å². The number of Topliss-reactive ketones (excluding diaryl/α,β-unsaturated/α-hetero) is 1. The van der Waals surface area contributed by atoms with Gasteiger partial charge in [-0.15, -0.1) is 0 Å². The first-order chi connectivity index (χ1) is 20.5. The number of carbonyl (C=O) groups is 3. The quantitative estimate of drug-likeness (QED) is 0.237. The molecule has 42 heavy (non-hydrogen) atoms. The van der Waals surface area contributed by atoms with Crippen LogP contribution in [-0.2, 0) is 22.4 Å². The first kappa shape index (κ1) is 28.0. The summed E-state index contributed by atoms with van der Waals surface area (Å²) in [6.07, 6.45) is 5.39. The fourth-order valence-corrected chi connectivity index (χ4v) is 4.36. The maximum absolute atomic E-state index is 13.6. The fraction of sp³-hybridized carbons (Fsp3) is 0.125. The summed E-state index contributed by atoms with van der Waals surface area (Å²) in [6, 6.07) is 24.3. The molecule has 0 spiro atoms. The SMILES string of the molecule is O=C(NCCc1ccccn1)C(=O)C(Cc1ccccc1)NC(=O)c1cccnc1-n1ccc(-c2ccc(F)cc2)n1. The van der Waals surface area contributed by atoms with E-state index >= 15 is 0 Å². The van der Waals surface area contributed by atoms with Crippen molar-refractivity contribution in [3.8, 4) is 17.1 Å². The van der Waals surface area contributed by atoms with E-state index in [1.807, 2.05) is 42.5 Å². The van der Waals surface area contributed by atoms with E-state index in [-0.39, 0.29) is 30.2 Å². The molecule has 5 aromatic rings. The maximum atomic E-state index is 13.6. The van der Waals surface area contributed by atoms with E-state index in [4.69, 9.17) is 0 Å². The van der Waals surface area contributed by atoms with Crippen molar-refractivity contribution < 1.29 is 18.8 Å². The molecule has 9 nitrogen and oxygen atoms in total. The van der Waals surface area contributed by atoms with Crippen molar-refractivity contribution >= 4 is 17.6 Å². The molecule has 0 aliphatic heterocycles. The third-order valence-electron chi connectivity index (χ3n) is 6.50. The van der Waals surface area contributed by atoms with Crippen LogP contribution in [0.1, 0.15) is 21.6 Å². The minimum absolute atomic E-state index is 0.116. The zero-order chi connectivity index (χ0) is 29.3. The Kier molecular flexibility index (Phi) is 8.83. The molecular weight excluding hydrogens is 535 g/mol. The van der Waals surface area contributed by atoms with Crippen molar-refractivity contribution in [3.63, 3.8) is 0 Å². The van der Waals surface area contributed by atoms with Crippen LogP contribution in [-0.4, -0.2) is 49.9 Å². The average Bonchev–Trinajstić information content (AvgIpc) is 3.52. The predicted molar refractivity (Wildman–Crippen MR) is 154 cm³/mol. The first-order valence-corrected chi connectivity index (χ1v) is 13.3. The van der Waals surface area contributed by atoms with Gasteiger partial charge in [0.1, 0.15) is 11.9 Å². The Morgan fingerprint density at radius 1 is 0.833 bits per heavy atom. The zero-order valence-electron chi connectivity index (χ0n) is 22.5. The monoisotopic (exact) mass is 562 g/mol. The third-order valence-corrected chi connectivity index (χ3v) is 6.50. The second-order valence-electron chi connectivity index (χ2n) is 9.43. The molecule has 2 aromatic carbocycles. The molecule has 0 fully saturated rings. The fourth-order valence-electron chi connectivity index (χ4n) is 4.36. The normalized spacial score (nSPS) is 11.5. The number of rotatable bonds is 11. The Bertz CT molecular complexity index is 1670. The lowest BCUT2D eigenvalue weighted by Crippen LogP contribution is -2.49. The van der Waals surface area contributed by atoms with Gasteiger partial charge in [0, 0.05) is 49.2 Å². The number of nitrogens with one attached hydrogen (secondary N) is 2. The number of hydrogen-bond acceptors (Lipinski definition) is 6. The lowest BCUT2D eigenvalue weighted by molar-refractivity contribution is -0.138. The van der Waals surface area contributed by atoms with E-state index in [0.29, 0.717) is 17.7 Å². The van der Waals surface area contributed by atoms with Crippen LogP contribution in [0.25, 0.3) is 17.1 Å². The molecule has 1 atom stereocenters. The molecule has 0 saturated heterocycles. The topological polar surface area (TPSA) is 119 Å². The molecule has 210 valence electrons. The molecule has 0 aliphatic rings. The highest BCUT2D eigenvalue weighted by molar-refractivity contribution is 6.38. The van der Waals surface area contributed by atoms with Gasteiger partial charge in [-0.1, -0.05) is 36.4 Å². The van der Waals surface area contributed by atoms with Gasteiger partial charge >= 0.3 is 0 Å². The lowest BCUT2D eigenvalue weighted by Gasteiger charge is -2.18. The van der Waals surface area contributed by atoms with Crippen LogP contribution in [0.15, 0.2) is 110 Å². The van der Waals surface area contributed by atoms with Crippen LogP contribution < -0.4 is 10.6 Å². The van der Waals surface area contributed by atoms with Gasteiger partial charge in [-0.2, -0.15) is 5.10 Å². The summed E-state index contributed by atoms with van der Waals surface area (Å²) in [5.74, 6) is -2.28. The highest BCUT2D eigenvalue weighted by Gasteiger charge is 2.28. The molecule has 3 heterocycles. The highest BCUT2D eigenvalue weighted by Crippen LogP contribution is 2.20. The Morgan fingerprint density at radius 2 is 1.60 bits per heavy atom. The molecule has 0 aliphatic carbocycles. The number of benzene rings is 2. The number of carbonyl (C=O) groups excluding carboxylic acids is 3. The first-order valence-electron chi connectivity index (χ1n) is 13.3. The average molecular weight is 563 g/mol. The largest absolute Gasteiger partial charge is 0.349 e. The van der Waals surface area contributed by atoms with Crippen LogP contribution in [0.4, 0.5) is 4.39 Å². The van der Waals surface area contributed by atoms with Gasteiger partial charge in [0.2, 0.25) is 5.78 Å². The van der Waals surface area contributed by atoms with Crippen LogP contribution >= 0.6 is 0 Å². The summed E-state index contributed by atoms with van der Waals surface area (Å²) >= 11 is 0. The zero-order valence-corrected chi connectivity index (χ0v) is 22.5. The molecule has 2 N–H and O–H groups in total. The van der Waals surface area contributed by atoms with E-state index in [1.165, 1.54) is 23.0 Å². The van der Waals surface area contributed by atoms with Crippen molar-refractivity contribution in [1.29, 1.82) is 0 Å². The minimum Gasteiger partial charge on any atom is -0.349 e. The second kappa shape index (κ2) is 13.2. The van der Waals surface area contributed by atoms with Gasteiger partial charge in [0.25, 0.3) is 11.8 Å². The van der Waals surface area contributed by atoms with Gasteiger partial charge in [-0.3, -0.25) is 19.4 Å². The van der Waals surface area contributed by atoms with E-state index in [9.17, 15) is 18.8 Å². The van der Waals surface area contributed by atoms with Crippen molar-refractivity contribution in [2.24, 2.45) is 0 Å². The van der Waals surface area contributed by atoms with Crippen LogP contribution in [0, 0.1) is 5.82 Å². The predicted octanol–water partition coefficient (Wildman–Crippen LogP) is 3.74. The molecule has 0 saturated carbocycles. The highest BCUT2D eigenvalue weighted by atomic mass is 19.1. The molecule has 5 rings (SSSR count). The standard InChI is InChI=1S/C32H27FN6O3/c33-24-13-11-23(12-14-24)27-16-20-39(38-27)30-26(10-6-18-35-30)31(41)37-28(21-22-7-2-1-3-8-22)29(40)32(42)36-19-15-25-9-4-5-17-34-25/h1-14,16-18,20,28H,15,19,21H2,(H,36,42)(H,37,41). The summed E-state index contributed by atoms with van der Waals surface area (Å²) in [5.41, 5.74) is 2.98. The van der Waals surface area contributed by atoms with E-state index in [2.05, 4.69) is 25.7 Å². The molecule has 0 bridgehead atoms. The third kappa shape index (κ3) is 6.97. The van der Waals surface area contributed by atoms with Gasteiger partial charge in [-0.25, -0.2) is 14.1 Å². The van der Waals surface area contributed by atoms with Crippen LogP contribution in [0.5, 0.6) is 0 Å². The summed E-state index contributed by atoms with van der Waals surface area (Å²) in [7, 11) is 0. The molecule has 10 heteroatoms. The summed E-state index contributed by atoms with van der Waals surface area (Å²) in [6.45, 7) is 0.218. The number of nitrogens with zero attached hydrogens (tertiary/aromatic N) is 4. The lowest BCUT2D eigenvalue weighted by atomic mass is 10.0. The second-order valence-corrected chi connectivity index (χ2v) is 9.43. The van der Waals surface area contributed by atoms with E-state index < -0.39 is 23.6 Å². The summed E-state index contributed by atoms with van der Waals surface area (Å²) < 4.78 is 14.8. The van der Waals surface area contributed by atoms with Gasteiger partial charge in [-0.05, 0) is 60.2 Å². The molecular formula is C32H27FN6O3. The summed E-state index contributed by atoms with van der Waals surface area (Å²) in [5, 5.41) is 9.89. The Labute approximate surface area is 241 Å². The van der Waals surface area contributed by atoms with Gasteiger partial charge < -0.3 is 10.6 Å². The van der Waals surface area contributed by atoms with Crippen LogP contribution in [0.3, 0.4) is 0 Å². The van der Waals surface area contributed by atoms with Gasteiger partial charge in [0.05, 0.1) is 11.3 Å². The number of amides is 2.